The molecule has 0 radical (unpaired) electrons. The van der Waals surface area contributed by atoms with Crippen molar-refractivity contribution in [2.45, 2.75) is 30.8 Å². The van der Waals surface area contributed by atoms with Crippen molar-refractivity contribution in [2.75, 3.05) is 20.3 Å². The predicted octanol–water partition coefficient (Wildman–Crippen LogP) is 2.04. The molecule has 8 heteroatoms. The molecule has 142 valence electrons. The molecule has 2 saturated heterocycles. The molecule has 2 aliphatic heterocycles. The Hall–Kier alpha value is -2.38. The zero-order valence-electron chi connectivity index (χ0n) is 15.0. The first-order valence-corrected chi connectivity index (χ1v) is 9.29. The number of aromatic nitrogens is 2. The summed E-state index contributed by atoms with van der Waals surface area (Å²) < 4.78 is 6.62. The molecule has 0 atom stereocenters. The Kier molecular flexibility index (Phi) is 4.65. The molecule has 3 aliphatic rings. The highest BCUT2D eigenvalue weighted by Gasteiger charge is 2.57. The van der Waals surface area contributed by atoms with E-state index in [1.54, 1.807) is 36.3 Å². The second-order valence-corrected chi connectivity index (χ2v) is 7.65. The van der Waals surface area contributed by atoms with Crippen molar-refractivity contribution in [2.24, 2.45) is 0 Å². The molecule has 1 aromatic heterocycles. The number of fused-ring (bicyclic) bond motifs is 1. The molecule has 3 fully saturated rings. The fourth-order valence-corrected chi connectivity index (χ4v) is 4.03. The van der Waals surface area contributed by atoms with E-state index in [0.29, 0.717) is 30.2 Å². The monoisotopic (exact) mass is 388 g/mol. The summed E-state index contributed by atoms with van der Waals surface area (Å²) in [7, 11) is 1.59. The minimum atomic E-state index is -0.313. The van der Waals surface area contributed by atoms with Gasteiger partial charge in [-0.05, 0) is 37.1 Å². The molecule has 2 aromatic rings. The number of hydrogen-bond donors (Lipinski definition) is 1. The molecule has 5 rings (SSSR count). The van der Waals surface area contributed by atoms with Gasteiger partial charge in [0, 0.05) is 30.9 Å². The van der Waals surface area contributed by atoms with E-state index in [4.69, 9.17) is 16.3 Å². The fraction of sp³-hybridized carbons (Fsp3) is 0.421. The van der Waals surface area contributed by atoms with Crippen LogP contribution >= 0.6 is 11.6 Å². The molecule has 1 N–H and O–H groups in total. The Labute approximate surface area is 162 Å². The summed E-state index contributed by atoms with van der Waals surface area (Å²) in [6.07, 6.45) is 5.24. The van der Waals surface area contributed by atoms with Gasteiger partial charge in [0.15, 0.2) is 0 Å². The van der Waals surface area contributed by atoms with Crippen molar-refractivity contribution in [1.29, 1.82) is 0 Å². The number of nitrogens with zero attached hydrogens (tertiary/aromatic N) is 3. The Morgan fingerprint density at radius 3 is 2.78 bits per heavy atom. The van der Waals surface area contributed by atoms with Crippen LogP contribution in [0.5, 0.6) is 0 Å². The number of nitrogens with one attached hydrogen (secondary N) is 1. The summed E-state index contributed by atoms with van der Waals surface area (Å²) >= 11 is 5.90. The van der Waals surface area contributed by atoms with E-state index in [9.17, 15) is 9.59 Å². The summed E-state index contributed by atoms with van der Waals surface area (Å²) in [6, 6.07) is 7.46. The lowest BCUT2D eigenvalue weighted by molar-refractivity contribution is -0.132. The maximum absolute atomic E-state index is 12.7. The molecule has 2 amide bonds. The largest absolute Gasteiger partial charge is 0.384 e. The van der Waals surface area contributed by atoms with Crippen molar-refractivity contribution in [3.05, 3.63) is 47.2 Å². The number of rotatable bonds is 6. The van der Waals surface area contributed by atoms with Gasteiger partial charge in [-0.3, -0.25) is 9.59 Å². The van der Waals surface area contributed by atoms with Crippen LogP contribution in [0.4, 0.5) is 0 Å². The Morgan fingerprint density at radius 1 is 1.33 bits per heavy atom. The average molecular weight is 389 g/mol. The molecular weight excluding hydrogens is 368 g/mol. The second kappa shape index (κ2) is 6.98. The molecular formula is C19H21ClN4O3. The number of hydrogen-bond acceptors (Lipinski definition) is 4. The van der Waals surface area contributed by atoms with E-state index in [1.165, 1.54) is 0 Å². The number of carbonyl (C=O) groups is 2. The van der Waals surface area contributed by atoms with Crippen LogP contribution in [0, 0.1) is 0 Å². The molecule has 1 aliphatic carbocycles. The number of amides is 2. The predicted molar refractivity (Wildman–Crippen MR) is 100.0 cm³/mol. The highest BCUT2D eigenvalue weighted by atomic mass is 35.5. The van der Waals surface area contributed by atoms with Gasteiger partial charge in [0.25, 0.3) is 5.91 Å². The topological polar surface area (TPSA) is 76.5 Å². The highest BCUT2D eigenvalue weighted by molar-refractivity contribution is 6.30. The Balaban J connectivity index is 1.39. The van der Waals surface area contributed by atoms with Gasteiger partial charge in [0.2, 0.25) is 5.91 Å². The maximum Gasteiger partial charge on any atom is 0.254 e. The van der Waals surface area contributed by atoms with Gasteiger partial charge >= 0.3 is 0 Å². The third-order valence-electron chi connectivity index (χ3n) is 5.32. The molecule has 7 nitrogen and oxygen atoms in total. The smallest absolute Gasteiger partial charge is 0.254 e. The van der Waals surface area contributed by atoms with E-state index in [-0.39, 0.29) is 23.4 Å². The zero-order valence-corrected chi connectivity index (χ0v) is 15.8. The molecule has 0 unspecified atom stereocenters. The van der Waals surface area contributed by atoms with Crippen molar-refractivity contribution in [1.82, 2.24) is 20.0 Å². The number of carbonyl (C=O) groups excluding carboxylic acids is 2. The summed E-state index contributed by atoms with van der Waals surface area (Å²) in [5.74, 6) is -0.0779. The molecule has 1 saturated carbocycles. The van der Waals surface area contributed by atoms with Gasteiger partial charge in [-0.1, -0.05) is 11.6 Å². The van der Waals surface area contributed by atoms with Gasteiger partial charge in [0.1, 0.15) is 0 Å². The SMILES string of the molecule is COCCC(=O)N1CC2(NC(=O)c3cnn(-c4ccc(Cl)cc4)c3)CC1C2. The van der Waals surface area contributed by atoms with Crippen LogP contribution in [0.1, 0.15) is 29.6 Å². The lowest BCUT2D eigenvalue weighted by Gasteiger charge is -2.37. The van der Waals surface area contributed by atoms with E-state index < -0.39 is 0 Å². The normalized spacial score (nSPS) is 23.2. The third-order valence-corrected chi connectivity index (χ3v) is 5.57. The first-order valence-electron chi connectivity index (χ1n) is 8.91. The van der Waals surface area contributed by atoms with Crippen LogP contribution in [-0.2, 0) is 9.53 Å². The van der Waals surface area contributed by atoms with E-state index in [2.05, 4.69) is 10.4 Å². The van der Waals surface area contributed by atoms with Gasteiger partial charge in [-0.2, -0.15) is 5.10 Å². The maximum atomic E-state index is 12.7. The summed E-state index contributed by atoms with van der Waals surface area (Å²) in [5.41, 5.74) is 1.01. The molecule has 1 aromatic carbocycles. The second-order valence-electron chi connectivity index (χ2n) is 7.21. The van der Waals surface area contributed by atoms with Crippen LogP contribution in [-0.4, -0.2) is 58.3 Å². The fourth-order valence-electron chi connectivity index (χ4n) is 3.90. The minimum Gasteiger partial charge on any atom is -0.384 e. The molecule has 3 heterocycles. The molecule has 0 spiro atoms. The lowest BCUT2D eigenvalue weighted by atomic mass is 9.78. The van der Waals surface area contributed by atoms with Crippen LogP contribution in [0.15, 0.2) is 36.7 Å². The van der Waals surface area contributed by atoms with Crippen LogP contribution in [0.3, 0.4) is 0 Å². The number of methoxy groups -OCH3 is 1. The molecule has 27 heavy (non-hydrogen) atoms. The van der Waals surface area contributed by atoms with Crippen molar-refractivity contribution in [3.63, 3.8) is 0 Å². The van der Waals surface area contributed by atoms with Crippen molar-refractivity contribution >= 4 is 23.4 Å². The van der Waals surface area contributed by atoms with Crippen molar-refractivity contribution < 1.29 is 14.3 Å². The van der Waals surface area contributed by atoms with E-state index >= 15 is 0 Å². The van der Waals surface area contributed by atoms with Crippen LogP contribution in [0.25, 0.3) is 5.69 Å². The molecule has 2 bridgehead atoms. The third kappa shape index (κ3) is 3.44. The van der Waals surface area contributed by atoms with E-state index in [0.717, 1.165) is 18.5 Å². The number of ether oxygens (including phenoxy) is 1. The lowest BCUT2D eigenvalue weighted by Crippen LogP contribution is -2.54. The van der Waals surface area contributed by atoms with Gasteiger partial charge in [0.05, 0.1) is 36.0 Å². The van der Waals surface area contributed by atoms with Crippen molar-refractivity contribution in [3.8, 4) is 5.69 Å². The summed E-state index contributed by atoms with van der Waals surface area (Å²) in [6.45, 7) is 0.989. The quantitative estimate of drug-likeness (QED) is 0.821. The Morgan fingerprint density at radius 2 is 2.07 bits per heavy atom. The van der Waals surface area contributed by atoms with Gasteiger partial charge < -0.3 is 15.0 Å². The standard InChI is InChI=1S/C19H21ClN4O3/c1-27-7-6-17(25)23-12-19(8-16(23)9-19)22-18(26)13-10-21-24(11-13)15-4-2-14(20)3-5-15/h2-5,10-11,16H,6-9,12H2,1H3,(H,22,26). The number of benzene rings is 1. The van der Waals surface area contributed by atoms with Gasteiger partial charge in [-0.15, -0.1) is 0 Å². The highest BCUT2D eigenvalue weighted by Crippen LogP contribution is 2.44. The van der Waals surface area contributed by atoms with Crippen LogP contribution in [0.2, 0.25) is 5.02 Å². The van der Waals surface area contributed by atoms with E-state index in [1.807, 2.05) is 17.0 Å². The first kappa shape index (κ1) is 18.0. The van der Waals surface area contributed by atoms with Crippen LogP contribution < -0.4 is 5.32 Å². The number of halogens is 1. The average Bonchev–Trinajstić information content (AvgIpc) is 3.33. The Bertz CT molecular complexity index is 858. The first-order chi connectivity index (χ1) is 13.0. The van der Waals surface area contributed by atoms with Gasteiger partial charge in [-0.25, -0.2) is 4.68 Å². The zero-order chi connectivity index (χ0) is 19.0. The summed E-state index contributed by atoms with van der Waals surface area (Å²) in [5, 5.41) is 8.02. The summed E-state index contributed by atoms with van der Waals surface area (Å²) in [4.78, 5) is 26.8. The minimum absolute atomic E-state index is 0.0889.